The molecule has 1 heterocycles. The highest BCUT2D eigenvalue weighted by Crippen LogP contribution is 2.15. The predicted octanol–water partition coefficient (Wildman–Crippen LogP) is -0.568. The van der Waals surface area contributed by atoms with Crippen molar-refractivity contribution >= 4 is 10.0 Å². The van der Waals surface area contributed by atoms with E-state index < -0.39 is 10.0 Å². The van der Waals surface area contributed by atoms with Crippen LogP contribution in [0.1, 0.15) is 19.8 Å². The zero-order chi connectivity index (χ0) is 10.6. The summed E-state index contributed by atoms with van der Waals surface area (Å²) >= 11 is 0. The van der Waals surface area contributed by atoms with E-state index in [1.165, 1.54) is 0 Å². The Morgan fingerprint density at radius 1 is 1.64 bits per heavy atom. The lowest BCUT2D eigenvalue weighted by Crippen LogP contribution is -2.42. The van der Waals surface area contributed by atoms with E-state index in [0.29, 0.717) is 0 Å². The van der Waals surface area contributed by atoms with Gasteiger partial charge in [0.2, 0.25) is 10.0 Å². The molecule has 0 aromatic rings. The second-order valence-corrected chi connectivity index (χ2v) is 5.44. The van der Waals surface area contributed by atoms with Gasteiger partial charge in [-0.3, -0.25) is 0 Å². The highest BCUT2D eigenvalue weighted by molar-refractivity contribution is 7.89. The SMILES string of the molecule is CC(NS(=O)(=O)CCN)C1CCCO1. The number of hydrogen-bond donors (Lipinski definition) is 2. The van der Waals surface area contributed by atoms with Crippen LogP contribution in [0.25, 0.3) is 0 Å². The van der Waals surface area contributed by atoms with Gasteiger partial charge in [0.05, 0.1) is 11.9 Å². The van der Waals surface area contributed by atoms with Crippen molar-refractivity contribution in [1.82, 2.24) is 4.72 Å². The van der Waals surface area contributed by atoms with Crippen LogP contribution in [-0.4, -0.2) is 39.5 Å². The molecule has 1 aliphatic heterocycles. The molecule has 0 amide bonds. The van der Waals surface area contributed by atoms with Crippen molar-refractivity contribution in [2.24, 2.45) is 5.73 Å². The van der Waals surface area contributed by atoms with Crippen molar-refractivity contribution in [3.63, 3.8) is 0 Å². The van der Waals surface area contributed by atoms with E-state index in [1.807, 2.05) is 6.92 Å². The van der Waals surface area contributed by atoms with Gasteiger partial charge in [0.25, 0.3) is 0 Å². The highest BCUT2D eigenvalue weighted by Gasteiger charge is 2.25. The first kappa shape index (κ1) is 11.9. The Balaban J connectivity index is 2.42. The minimum atomic E-state index is -3.22. The molecule has 5 nitrogen and oxygen atoms in total. The van der Waals surface area contributed by atoms with Crippen molar-refractivity contribution in [2.75, 3.05) is 18.9 Å². The Morgan fingerprint density at radius 2 is 2.36 bits per heavy atom. The fourth-order valence-electron chi connectivity index (χ4n) is 1.57. The molecule has 0 radical (unpaired) electrons. The van der Waals surface area contributed by atoms with Crippen LogP contribution in [-0.2, 0) is 14.8 Å². The monoisotopic (exact) mass is 222 g/mol. The quantitative estimate of drug-likeness (QED) is 0.653. The second-order valence-electron chi connectivity index (χ2n) is 3.57. The Hall–Kier alpha value is -0.170. The number of ether oxygens (including phenoxy) is 1. The summed E-state index contributed by atoms with van der Waals surface area (Å²) in [6.45, 7) is 2.70. The van der Waals surface area contributed by atoms with E-state index in [2.05, 4.69) is 4.72 Å². The molecule has 0 aliphatic carbocycles. The maximum Gasteiger partial charge on any atom is 0.213 e. The fourth-order valence-corrected chi connectivity index (χ4v) is 2.72. The van der Waals surface area contributed by atoms with Crippen molar-refractivity contribution in [1.29, 1.82) is 0 Å². The Kier molecular flexibility index (Phi) is 4.31. The maximum absolute atomic E-state index is 11.4. The number of nitrogens with two attached hydrogens (primary N) is 1. The van der Waals surface area contributed by atoms with Gasteiger partial charge in [-0.1, -0.05) is 0 Å². The third-order valence-electron chi connectivity index (χ3n) is 2.27. The zero-order valence-corrected chi connectivity index (χ0v) is 9.22. The van der Waals surface area contributed by atoms with Gasteiger partial charge in [-0.15, -0.1) is 0 Å². The van der Waals surface area contributed by atoms with Crippen LogP contribution in [0.5, 0.6) is 0 Å². The number of sulfonamides is 1. The zero-order valence-electron chi connectivity index (χ0n) is 8.40. The van der Waals surface area contributed by atoms with E-state index >= 15 is 0 Å². The molecule has 0 aromatic heterocycles. The van der Waals surface area contributed by atoms with Crippen LogP contribution < -0.4 is 10.5 Å². The Bertz CT molecular complexity index is 260. The van der Waals surface area contributed by atoms with E-state index in [-0.39, 0.29) is 24.4 Å². The summed E-state index contributed by atoms with van der Waals surface area (Å²) in [6, 6.07) is -0.158. The molecule has 0 saturated carbocycles. The third-order valence-corrected chi connectivity index (χ3v) is 3.78. The van der Waals surface area contributed by atoms with Gasteiger partial charge in [-0.25, -0.2) is 13.1 Å². The topological polar surface area (TPSA) is 81.4 Å². The van der Waals surface area contributed by atoms with Crippen LogP contribution in [0.2, 0.25) is 0 Å². The summed E-state index contributed by atoms with van der Waals surface area (Å²) in [5, 5.41) is 0. The van der Waals surface area contributed by atoms with Crippen LogP contribution in [0.4, 0.5) is 0 Å². The van der Waals surface area contributed by atoms with Crippen molar-refractivity contribution in [3.8, 4) is 0 Å². The Morgan fingerprint density at radius 3 is 2.86 bits per heavy atom. The fraction of sp³-hybridized carbons (Fsp3) is 1.00. The maximum atomic E-state index is 11.4. The predicted molar refractivity (Wildman–Crippen MR) is 54.4 cm³/mol. The molecule has 0 aromatic carbocycles. The molecule has 1 aliphatic rings. The molecule has 84 valence electrons. The molecule has 1 rings (SSSR count). The van der Waals surface area contributed by atoms with Gasteiger partial charge in [0.15, 0.2) is 0 Å². The summed E-state index contributed by atoms with van der Waals surface area (Å²) in [6.07, 6.45) is 1.95. The molecule has 3 N–H and O–H groups in total. The lowest BCUT2D eigenvalue weighted by molar-refractivity contribution is 0.0902. The standard InChI is InChI=1S/C8H18N2O3S/c1-7(8-3-2-5-13-8)10-14(11,12)6-4-9/h7-8,10H,2-6,9H2,1H3. The second kappa shape index (κ2) is 5.06. The van der Waals surface area contributed by atoms with Crippen molar-refractivity contribution in [2.45, 2.75) is 31.9 Å². The normalized spacial score (nSPS) is 25.1. The minimum absolute atomic E-state index is 0.0162. The van der Waals surface area contributed by atoms with Gasteiger partial charge in [0.1, 0.15) is 0 Å². The van der Waals surface area contributed by atoms with Crippen LogP contribution in [0.15, 0.2) is 0 Å². The molecule has 0 bridgehead atoms. The average molecular weight is 222 g/mol. The molecule has 2 unspecified atom stereocenters. The van der Waals surface area contributed by atoms with Gasteiger partial charge in [-0.05, 0) is 19.8 Å². The lowest BCUT2D eigenvalue weighted by atomic mass is 10.1. The molecule has 1 saturated heterocycles. The van der Waals surface area contributed by atoms with Crippen molar-refractivity contribution < 1.29 is 13.2 Å². The molecular weight excluding hydrogens is 204 g/mol. The average Bonchev–Trinajstić information content (AvgIpc) is 2.53. The molecule has 2 atom stereocenters. The van der Waals surface area contributed by atoms with Gasteiger partial charge in [0, 0.05) is 19.2 Å². The minimum Gasteiger partial charge on any atom is -0.377 e. The highest BCUT2D eigenvalue weighted by atomic mass is 32.2. The third kappa shape index (κ3) is 3.53. The summed E-state index contributed by atoms with van der Waals surface area (Å²) in [7, 11) is -3.22. The van der Waals surface area contributed by atoms with Gasteiger partial charge < -0.3 is 10.5 Å². The first-order chi connectivity index (χ1) is 6.55. The summed E-state index contributed by atoms with van der Waals surface area (Å²) in [4.78, 5) is 0. The van der Waals surface area contributed by atoms with Crippen molar-refractivity contribution in [3.05, 3.63) is 0 Å². The molecule has 1 fully saturated rings. The molecule has 6 heteroatoms. The van der Waals surface area contributed by atoms with Crippen LogP contribution in [0.3, 0.4) is 0 Å². The lowest BCUT2D eigenvalue weighted by Gasteiger charge is -2.19. The summed E-state index contributed by atoms with van der Waals surface area (Å²) in [5.41, 5.74) is 5.19. The van der Waals surface area contributed by atoms with E-state index in [1.54, 1.807) is 0 Å². The summed E-state index contributed by atoms with van der Waals surface area (Å²) in [5.74, 6) is -0.0238. The summed E-state index contributed by atoms with van der Waals surface area (Å²) < 4.78 is 30.6. The number of rotatable bonds is 5. The first-order valence-electron chi connectivity index (χ1n) is 4.87. The van der Waals surface area contributed by atoms with Crippen LogP contribution >= 0.6 is 0 Å². The number of nitrogens with one attached hydrogen (secondary N) is 1. The number of hydrogen-bond acceptors (Lipinski definition) is 4. The van der Waals surface area contributed by atoms with E-state index in [9.17, 15) is 8.42 Å². The molecular formula is C8H18N2O3S. The van der Waals surface area contributed by atoms with E-state index in [4.69, 9.17) is 10.5 Å². The molecule has 14 heavy (non-hydrogen) atoms. The van der Waals surface area contributed by atoms with E-state index in [0.717, 1.165) is 19.4 Å². The Labute approximate surface area is 85.1 Å². The smallest absolute Gasteiger partial charge is 0.213 e. The molecule has 0 spiro atoms. The van der Waals surface area contributed by atoms with Gasteiger partial charge >= 0.3 is 0 Å². The van der Waals surface area contributed by atoms with Gasteiger partial charge in [-0.2, -0.15) is 0 Å². The first-order valence-corrected chi connectivity index (χ1v) is 6.52. The largest absolute Gasteiger partial charge is 0.377 e. The van der Waals surface area contributed by atoms with Crippen LogP contribution in [0, 0.1) is 0 Å².